The first kappa shape index (κ1) is 24.3. The number of hydrogen-bond donors (Lipinski definition) is 1. The van der Waals surface area contributed by atoms with Crippen LogP contribution in [0.4, 0.5) is 0 Å². The smallest absolute Gasteiger partial charge is 0.247 e. The van der Waals surface area contributed by atoms with Gasteiger partial charge in [-0.1, -0.05) is 23.2 Å². The van der Waals surface area contributed by atoms with Gasteiger partial charge in [0.2, 0.25) is 10.0 Å². The molecule has 2 aromatic rings. The van der Waals surface area contributed by atoms with Gasteiger partial charge in [0, 0.05) is 29.7 Å². The number of ether oxygens (including phenoxy) is 1. The van der Waals surface area contributed by atoms with E-state index in [1.165, 1.54) is 34.6 Å². The molecular formula is C23H25Cl2N3O4S. The van der Waals surface area contributed by atoms with Gasteiger partial charge >= 0.3 is 0 Å². The summed E-state index contributed by atoms with van der Waals surface area (Å²) in [5.41, 5.74) is -1.11. The molecule has 2 heterocycles. The van der Waals surface area contributed by atoms with E-state index in [-0.39, 0.29) is 28.5 Å². The largest absolute Gasteiger partial charge is 0.456 e. The van der Waals surface area contributed by atoms with Gasteiger partial charge in [0.1, 0.15) is 22.1 Å². The third-order valence-corrected chi connectivity index (χ3v) is 8.67. The molecule has 2 fully saturated rings. The lowest BCUT2D eigenvalue weighted by atomic mass is 10.0. The Morgan fingerprint density at radius 2 is 1.76 bits per heavy atom. The van der Waals surface area contributed by atoms with E-state index in [0.29, 0.717) is 22.9 Å². The highest BCUT2D eigenvalue weighted by molar-refractivity contribution is 7.89. The molecule has 0 spiro atoms. The van der Waals surface area contributed by atoms with Crippen molar-refractivity contribution < 1.29 is 18.3 Å². The zero-order chi connectivity index (χ0) is 23.8. The quantitative estimate of drug-likeness (QED) is 0.610. The van der Waals surface area contributed by atoms with E-state index in [0.717, 1.165) is 25.9 Å². The Hall–Kier alpha value is -1.86. The normalized spacial score (nSPS) is 21.6. The number of nitrogens with zero attached hydrogens (tertiary/aromatic N) is 3. The van der Waals surface area contributed by atoms with Crippen LogP contribution in [0, 0.1) is 11.3 Å². The van der Waals surface area contributed by atoms with E-state index >= 15 is 0 Å². The van der Waals surface area contributed by atoms with Crippen molar-refractivity contribution >= 4 is 33.2 Å². The molecule has 2 saturated heterocycles. The van der Waals surface area contributed by atoms with Crippen LogP contribution in [0.1, 0.15) is 38.2 Å². The van der Waals surface area contributed by atoms with Gasteiger partial charge < -0.3 is 9.84 Å². The number of rotatable bonds is 6. The minimum atomic E-state index is -4.10. The van der Waals surface area contributed by atoms with Gasteiger partial charge in [0.05, 0.1) is 17.7 Å². The molecule has 0 saturated carbocycles. The minimum absolute atomic E-state index is 0.0544. The van der Waals surface area contributed by atoms with Crippen LogP contribution in [0.25, 0.3) is 0 Å². The standard InChI is InChI=1S/C23H25Cl2N3O4S/c1-23(29,27-8-2-3-9-27)22-5-4-10-28(22)33(30,31)21-11-16(15-26)6-7-20(21)32-19-13-17(24)12-18(25)14-19/h6-7,11-14,22,29H,2-5,8-10H2,1H3/t22-,23?/m0/s1. The Bertz CT molecular complexity index is 1170. The lowest BCUT2D eigenvalue weighted by Gasteiger charge is -2.42. The van der Waals surface area contributed by atoms with Crippen molar-refractivity contribution in [1.29, 1.82) is 5.26 Å². The first-order valence-corrected chi connectivity index (χ1v) is 13.0. The predicted molar refractivity (Wildman–Crippen MR) is 126 cm³/mol. The van der Waals surface area contributed by atoms with Crippen molar-refractivity contribution in [1.82, 2.24) is 9.21 Å². The maximum absolute atomic E-state index is 13.9. The zero-order valence-electron chi connectivity index (χ0n) is 18.2. The SMILES string of the molecule is CC(O)([C@@H]1CCCN1S(=O)(=O)c1cc(C#N)ccc1Oc1cc(Cl)cc(Cl)c1)N1CCCC1. The maximum atomic E-state index is 13.9. The fourth-order valence-electron chi connectivity index (χ4n) is 4.66. The van der Waals surface area contributed by atoms with Gasteiger partial charge in [-0.3, -0.25) is 4.90 Å². The molecule has 2 aliphatic heterocycles. The molecule has 0 radical (unpaired) electrons. The molecule has 0 amide bonds. The molecule has 0 aliphatic carbocycles. The molecule has 10 heteroatoms. The van der Waals surface area contributed by atoms with E-state index in [2.05, 4.69) is 0 Å². The van der Waals surface area contributed by atoms with Crippen LogP contribution < -0.4 is 4.74 Å². The van der Waals surface area contributed by atoms with Crippen LogP contribution in [-0.2, 0) is 10.0 Å². The fourth-order valence-corrected chi connectivity index (χ4v) is 7.07. The van der Waals surface area contributed by atoms with E-state index in [4.69, 9.17) is 27.9 Å². The van der Waals surface area contributed by atoms with Gasteiger partial charge in [-0.25, -0.2) is 8.42 Å². The lowest BCUT2D eigenvalue weighted by Crippen LogP contribution is -2.58. The Balaban J connectivity index is 1.74. The molecule has 2 atom stereocenters. The second-order valence-electron chi connectivity index (χ2n) is 8.54. The highest BCUT2D eigenvalue weighted by Crippen LogP contribution is 2.39. The molecular weight excluding hydrogens is 485 g/mol. The van der Waals surface area contributed by atoms with Gasteiger partial charge in [-0.05, 0) is 69.0 Å². The zero-order valence-corrected chi connectivity index (χ0v) is 20.5. The summed E-state index contributed by atoms with van der Waals surface area (Å²) >= 11 is 12.1. The molecule has 1 unspecified atom stereocenters. The van der Waals surface area contributed by atoms with E-state index in [1.807, 2.05) is 11.0 Å². The topological polar surface area (TPSA) is 93.9 Å². The predicted octanol–water partition coefficient (Wildman–Crippen LogP) is 4.61. The Morgan fingerprint density at radius 3 is 2.39 bits per heavy atom. The molecule has 33 heavy (non-hydrogen) atoms. The number of nitriles is 1. The molecule has 1 N–H and O–H groups in total. The molecule has 7 nitrogen and oxygen atoms in total. The van der Waals surface area contributed by atoms with Crippen LogP contribution >= 0.6 is 23.2 Å². The maximum Gasteiger partial charge on any atom is 0.247 e. The van der Waals surface area contributed by atoms with Gasteiger partial charge in [-0.15, -0.1) is 0 Å². The highest BCUT2D eigenvalue weighted by Gasteiger charge is 2.49. The van der Waals surface area contributed by atoms with Crippen molar-refractivity contribution in [3.63, 3.8) is 0 Å². The Morgan fingerprint density at radius 1 is 1.09 bits per heavy atom. The third-order valence-electron chi connectivity index (χ3n) is 6.30. The molecule has 4 rings (SSSR count). The summed E-state index contributed by atoms with van der Waals surface area (Å²) in [6.45, 7) is 3.42. The van der Waals surface area contributed by atoms with Gasteiger partial charge in [0.15, 0.2) is 0 Å². The number of halogens is 2. The second-order valence-corrected chi connectivity index (χ2v) is 11.3. The number of aliphatic hydroxyl groups is 1. The summed E-state index contributed by atoms with van der Waals surface area (Å²) < 4.78 is 35.0. The van der Waals surface area contributed by atoms with Crippen molar-refractivity contribution in [2.24, 2.45) is 0 Å². The summed E-state index contributed by atoms with van der Waals surface area (Å²) in [7, 11) is -4.10. The number of likely N-dealkylation sites (tertiary alicyclic amines) is 1. The lowest BCUT2D eigenvalue weighted by molar-refractivity contribution is -0.118. The molecule has 2 aliphatic rings. The molecule has 0 bridgehead atoms. The number of benzene rings is 2. The summed E-state index contributed by atoms with van der Waals surface area (Å²) in [5, 5.41) is 21.4. The van der Waals surface area contributed by atoms with Crippen molar-refractivity contribution in [2.75, 3.05) is 19.6 Å². The van der Waals surface area contributed by atoms with Crippen LogP contribution in [0.5, 0.6) is 11.5 Å². The summed E-state index contributed by atoms with van der Waals surface area (Å²) in [6.07, 6.45) is 3.12. The number of sulfonamides is 1. The monoisotopic (exact) mass is 509 g/mol. The van der Waals surface area contributed by atoms with Crippen LogP contribution in [0.15, 0.2) is 41.3 Å². The van der Waals surface area contributed by atoms with E-state index < -0.39 is 21.8 Å². The first-order valence-electron chi connectivity index (χ1n) is 10.8. The molecule has 0 aromatic heterocycles. The van der Waals surface area contributed by atoms with Crippen LogP contribution in [0.2, 0.25) is 10.0 Å². The van der Waals surface area contributed by atoms with E-state index in [1.54, 1.807) is 13.0 Å². The average molecular weight is 510 g/mol. The van der Waals surface area contributed by atoms with Gasteiger partial charge in [-0.2, -0.15) is 9.57 Å². The average Bonchev–Trinajstić information content (AvgIpc) is 3.46. The van der Waals surface area contributed by atoms with Crippen molar-refractivity contribution in [3.05, 3.63) is 52.0 Å². The van der Waals surface area contributed by atoms with Crippen molar-refractivity contribution in [3.8, 4) is 17.6 Å². The molecule has 176 valence electrons. The van der Waals surface area contributed by atoms with Crippen molar-refractivity contribution in [2.45, 2.75) is 49.3 Å². The fraction of sp³-hybridized carbons (Fsp3) is 0.435. The summed E-state index contributed by atoms with van der Waals surface area (Å²) in [5.74, 6) is 0.328. The van der Waals surface area contributed by atoms with Gasteiger partial charge in [0.25, 0.3) is 0 Å². The summed E-state index contributed by atoms with van der Waals surface area (Å²) in [6, 6.07) is 10.2. The Kier molecular flexibility index (Phi) is 6.92. The van der Waals surface area contributed by atoms with Crippen LogP contribution in [0.3, 0.4) is 0 Å². The third kappa shape index (κ3) is 4.85. The first-order chi connectivity index (χ1) is 15.6. The minimum Gasteiger partial charge on any atom is -0.456 e. The second kappa shape index (κ2) is 9.41. The Labute approximate surface area is 204 Å². The number of hydrogen-bond acceptors (Lipinski definition) is 6. The van der Waals surface area contributed by atoms with Crippen LogP contribution in [-0.4, -0.2) is 54.1 Å². The highest BCUT2D eigenvalue weighted by atomic mass is 35.5. The molecule has 2 aromatic carbocycles. The summed E-state index contributed by atoms with van der Waals surface area (Å²) in [4.78, 5) is 1.81. The van der Waals surface area contributed by atoms with E-state index in [9.17, 15) is 18.8 Å².